The van der Waals surface area contributed by atoms with Crippen LogP contribution in [0.5, 0.6) is 0 Å². The van der Waals surface area contributed by atoms with Crippen LogP contribution in [-0.2, 0) is 4.79 Å². The lowest BCUT2D eigenvalue weighted by Gasteiger charge is -2.19. The number of fused-ring (bicyclic) bond motifs is 1. The minimum atomic E-state index is -3.11. The molecule has 0 saturated carbocycles. The van der Waals surface area contributed by atoms with E-state index in [1.165, 1.54) is 12.3 Å². The summed E-state index contributed by atoms with van der Waals surface area (Å²) in [5.41, 5.74) is 3.67. The number of alkyl halides is 2. The van der Waals surface area contributed by atoms with Crippen molar-refractivity contribution >= 4 is 34.4 Å². The largest absolute Gasteiger partial charge is 0.343 e. The lowest BCUT2D eigenvalue weighted by atomic mass is 10.00. The second-order valence-corrected chi connectivity index (χ2v) is 8.11. The van der Waals surface area contributed by atoms with Gasteiger partial charge in [0.2, 0.25) is 5.91 Å². The first-order valence-corrected chi connectivity index (χ1v) is 10.6. The molecule has 172 valence electrons. The molecule has 1 aliphatic heterocycles. The van der Waals surface area contributed by atoms with E-state index in [2.05, 4.69) is 15.3 Å². The number of amides is 2. The number of rotatable bonds is 5. The van der Waals surface area contributed by atoms with Gasteiger partial charge in [0.05, 0.1) is 30.2 Å². The summed E-state index contributed by atoms with van der Waals surface area (Å²) in [6.45, 7) is 0.626. The molecular formula is C25H21F2N5O2. The number of likely N-dealkylation sites (tertiary alicyclic amines) is 1. The molecule has 2 aromatic heterocycles. The van der Waals surface area contributed by atoms with E-state index < -0.39 is 43.3 Å². The first-order chi connectivity index (χ1) is 16.3. The average Bonchev–Trinajstić information content (AvgIpc) is 3.16. The van der Waals surface area contributed by atoms with Crippen molar-refractivity contribution < 1.29 is 18.4 Å². The Morgan fingerprint density at radius 3 is 2.85 bits per heavy atom. The first-order valence-electron chi connectivity index (χ1n) is 10.6. The van der Waals surface area contributed by atoms with Crippen LogP contribution in [0.1, 0.15) is 34.8 Å². The Bertz CT molecular complexity index is 1320. The number of aromatic nitrogens is 2. The van der Waals surface area contributed by atoms with Gasteiger partial charge in [-0.2, -0.15) is 5.26 Å². The van der Waals surface area contributed by atoms with Crippen LogP contribution >= 0.6 is 0 Å². The summed E-state index contributed by atoms with van der Waals surface area (Å²) in [6.07, 6.45) is 6.20. The van der Waals surface area contributed by atoms with Crippen molar-refractivity contribution in [3.63, 3.8) is 0 Å². The monoisotopic (exact) mass is 461 g/mol. The zero-order chi connectivity index (χ0) is 24.3. The second-order valence-electron chi connectivity index (χ2n) is 8.11. The molecule has 0 radical (unpaired) electrons. The SMILES string of the molecule is C/C(=C\c1cccnc1)c1ccc2nccc(C(=O)NCC(=O)N3CC(F)(F)CC3C#N)c2c1. The Labute approximate surface area is 194 Å². The normalized spacial score (nSPS) is 17.4. The van der Waals surface area contributed by atoms with Crippen molar-refractivity contribution in [2.45, 2.75) is 25.3 Å². The number of nitrogens with zero attached hydrogens (tertiary/aromatic N) is 4. The van der Waals surface area contributed by atoms with Gasteiger partial charge in [0, 0.05) is 30.4 Å². The van der Waals surface area contributed by atoms with Gasteiger partial charge in [-0.3, -0.25) is 19.6 Å². The Morgan fingerprint density at radius 2 is 2.12 bits per heavy atom. The van der Waals surface area contributed by atoms with Gasteiger partial charge >= 0.3 is 0 Å². The fraction of sp³-hybridized carbons (Fsp3) is 0.240. The number of pyridine rings is 2. The molecule has 1 N–H and O–H groups in total. The number of nitrogens with one attached hydrogen (secondary N) is 1. The predicted molar refractivity (Wildman–Crippen MR) is 123 cm³/mol. The van der Waals surface area contributed by atoms with Gasteiger partial charge in [-0.1, -0.05) is 12.1 Å². The van der Waals surface area contributed by atoms with Gasteiger partial charge in [0.25, 0.3) is 11.8 Å². The molecule has 3 heterocycles. The third-order valence-corrected chi connectivity index (χ3v) is 5.65. The minimum Gasteiger partial charge on any atom is -0.343 e. The molecule has 3 aromatic rings. The second kappa shape index (κ2) is 9.35. The summed E-state index contributed by atoms with van der Waals surface area (Å²) in [4.78, 5) is 34.5. The van der Waals surface area contributed by atoms with Crippen molar-refractivity contribution in [1.82, 2.24) is 20.2 Å². The number of carbonyl (C=O) groups excluding carboxylic acids is 2. The highest BCUT2D eigenvalue weighted by molar-refractivity contribution is 6.07. The van der Waals surface area contributed by atoms with Gasteiger partial charge in [-0.25, -0.2) is 8.78 Å². The Kier molecular flexibility index (Phi) is 6.32. The average molecular weight is 461 g/mol. The topological polar surface area (TPSA) is 99.0 Å². The number of hydrogen-bond donors (Lipinski definition) is 1. The fourth-order valence-electron chi connectivity index (χ4n) is 3.93. The highest BCUT2D eigenvalue weighted by Crippen LogP contribution is 2.31. The predicted octanol–water partition coefficient (Wildman–Crippen LogP) is 3.68. The molecule has 7 nitrogen and oxygen atoms in total. The van der Waals surface area contributed by atoms with Crippen LogP contribution in [0.25, 0.3) is 22.6 Å². The van der Waals surface area contributed by atoms with E-state index in [0.29, 0.717) is 16.5 Å². The lowest BCUT2D eigenvalue weighted by Crippen LogP contribution is -2.43. The molecule has 0 aliphatic carbocycles. The van der Waals surface area contributed by atoms with Crippen molar-refractivity contribution in [3.05, 3.63) is 71.7 Å². The summed E-state index contributed by atoms with van der Waals surface area (Å²) in [5.74, 6) is -4.38. The van der Waals surface area contributed by atoms with Crippen LogP contribution in [-0.4, -0.2) is 51.7 Å². The molecule has 1 aromatic carbocycles. The van der Waals surface area contributed by atoms with Crippen LogP contribution in [0, 0.1) is 11.3 Å². The maximum Gasteiger partial charge on any atom is 0.268 e. The number of halogens is 2. The molecule has 1 atom stereocenters. The highest BCUT2D eigenvalue weighted by atomic mass is 19.3. The van der Waals surface area contributed by atoms with E-state index in [-0.39, 0.29) is 0 Å². The number of carbonyl (C=O) groups is 2. The fourth-order valence-corrected chi connectivity index (χ4v) is 3.93. The summed E-state index contributed by atoms with van der Waals surface area (Å²) >= 11 is 0. The summed E-state index contributed by atoms with van der Waals surface area (Å²) in [7, 11) is 0. The molecule has 0 bridgehead atoms. The van der Waals surface area contributed by atoms with Gasteiger partial charge in [-0.15, -0.1) is 0 Å². The molecule has 1 fully saturated rings. The van der Waals surface area contributed by atoms with Crippen molar-refractivity contribution in [1.29, 1.82) is 5.26 Å². The zero-order valence-electron chi connectivity index (χ0n) is 18.3. The van der Waals surface area contributed by atoms with E-state index >= 15 is 0 Å². The van der Waals surface area contributed by atoms with E-state index in [1.807, 2.05) is 37.3 Å². The lowest BCUT2D eigenvalue weighted by molar-refractivity contribution is -0.131. The molecule has 2 amide bonds. The highest BCUT2D eigenvalue weighted by Gasteiger charge is 2.47. The van der Waals surface area contributed by atoms with Crippen molar-refractivity contribution in [2.75, 3.05) is 13.1 Å². The first kappa shape index (κ1) is 23.0. The van der Waals surface area contributed by atoms with Crippen LogP contribution in [0.15, 0.2) is 55.0 Å². The molecule has 1 saturated heterocycles. The van der Waals surface area contributed by atoms with Gasteiger partial charge in [0.1, 0.15) is 6.04 Å². The van der Waals surface area contributed by atoms with Gasteiger partial charge in [0.15, 0.2) is 0 Å². The van der Waals surface area contributed by atoms with E-state index in [0.717, 1.165) is 21.6 Å². The maximum absolute atomic E-state index is 13.6. The molecule has 4 rings (SSSR count). The Morgan fingerprint density at radius 1 is 1.29 bits per heavy atom. The number of nitriles is 1. The quantitative estimate of drug-likeness (QED) is 0.625. The van der Waals surface area contributed by atoms with Crippen molar-refractivity contribution in [3.8, 4) is 6.07 Å². The third kappa shape index (κ3) is 4.91. The molecule has 9 heteroatoms. The third-order valence-electron chi connectivity index (χ3n) is 5.65. The standard InChI is InChI=1S/C25H21F2N5O2/c1-16(9-17-3-2-7-29-13-17)18-4-5-22-21(10-18)20(6-8-30-22)24(34)31-14-23(33)32-15-25(26,27)11-19(32)12-28/h2-10,13,19H,11,14-15H2,1H3,(H,31,34)/b16-9+. The van der Waals surface area contributed by atoms with Crippen molar-refractivity contribution in [2.24, 2.45) is 0 Å². The minimum absolute atomic E-state index is 0.303. The molecular weight excluding hydrogens is 440 g/mol. The molecule has 34 heavy (non-hydrogen) atoms. The van der Waals surface area contributed by atoms with E-state index in [1.54, 1.807) is 24.5 Å². The molecule has 0 spiro atoms. The van der Waals surface area contributed by atoms with Crippen LogP contribution < -0.4 is 5.32 Å². The maximum atomic E-state index is 13.6. The van der Waals surface area contributed by atoms with Crippen LogP contribution in [0.2, 0.25) is 0 Å². The van der Waals surface area contributed by atoms with Gasteiger partial charge in [-0.05, 0) is 54.0 Å². The Balaban J connectivity index is 1.54. The Hall–Kier alpha value is -4.19. The van der Waals surface area contributed by atoms with E-state index in [4.69, 9.17) is 5.26 Å². The van der Waals surface area contributed by atoms with E-state index in [9.17, 15) is 18.4 Å². The number of allylic oxidation sites excluding steroid dienone is 1. The smallest absolute Gasteiger partial charge is 0.268 e. The summed E-state index contributed by atoms with van der Waals surface area (Å²) in [5, 5.41) is 12.2. The summed E-state index contributed by atoms with van der Waals surface area (Å²) < 4.78 is 27.2. The zero-order valence-corrected chi connectivity index (χ0v) is 18.3. The van der Waals surface area contributed by atoms with Crippen LogP contribution in [0.3, 0.4) is 0 Å². The molecule has 1 aliphatic rings. The van der Waals surface area contributed by atoms with Crippen LogP contribution in [0.4, 0.5) is 8.78 Å². The van der Waals surface area contributed by atoms with Gasteiger partial charge < -0.3 is 10.2 Å². The number of benzene rings is 1. The molecule has 1 unspecified atom stereocenters. The summed E-state index contributed by atoms with van der Waals surface area (Å²) in [6, 6.07) is 11.4. The number of hydrogen-bond acceptors (Lipinski definition) is 5.